The number of hydrogen-bond donors (Lipinski definition) is 3. The molecule has 0 saturated heterocycles. The second kappa shape index (κ2) is 8.09. The fourth-order valence-corrected chi connectivity index (χ4v) is 2.10. The summed E-state index contributed by atoms with van der Waals surface area (Å²) < 4.78 is 27.4. The summed E-state index contributed by atoms with van der Waals surface area (Å²) in [7, 11) is 0. The maximum Gasteiger partial charge on any atom is 0.319 e. The largest absolute Gasteiger partial charge is 0.391 e. The van der Waals surface area contributed by atoms with Gasteiger partial charge in [-0.1, -0.05) is 36.3 Å². The maximum absolute atomic E-state index is 13.7. The van der Waals surface area contributed by atoms with E-state index in [2.05, 4.69) is 16.6 Å². The summed E-state index contributed by atoms with van der Waals surface area (Å²) in [6.45, 7) is -0.0631. The number of aliphatic hydroxyl groups is 1. The monoisotopic (exact) mass is 330 g/mol. The molecule has 0 aromatic heterocycles. The van der Waals surface area contributed by atoms with Gasteiger partial charge in [-0.15, -0.1) is 6.42 Å². The molecule has 2 rings (SSSR count). The SMILES string of the molecule is C#Cc1cc(F)c(NC(=O)NCC(O)Cc2ccccc2)c(F)c1. The topological polar surface area (TPSA) is 61.4 Å². The summed E-state index contributed by atoms with van der Waals surface area (Å²) in [5, 5.41) is 14.3. The van der Waals surface area contributed by atoms with E-state index in [4.69, 9.17) is 6.42 Å². The number of amides is 2. The van der Waals surface area contributed by atoms with Crippen LogP contribution in [0, 0.1) is 24.0 Å². The predicted molar refractivity (Wildman–Crippen MR) is 87.5 cm³/mol. The highest BCUT2D eigenvalue weighted by atomic mass is 19.1. The number of carbonyl (C=O) groups excluding carboxylic acids is 1. The van der Waals surface area contributed by atoms with Gasteiger partial charge in [-0.2, -0.15) is 0 Å². The highest BCUT2D eigenvalue weighted by molar-refractivity contribution is 5.89. The van der Waals surface area contributed by atoms with Crippen LogP contribution in [0.25, 0.3) is 0 Å². The number of anilines is 1. The molecule has 4 nitrogen and oxygen atoms in total. The average molecular weight is 330 g/mol. The van der Waals surface area contributed by atoms with Crippen LogP contribution in [0.2, 0.25) is 0 Å². The minimum Gasteiger partial charge on any atom is -0.391 e. The third-order valence-corrected chi connectivity index (χ3v) is 3.26. The van der Waals surface area contributed by atoms with Gasteiger partial charge in [-0.25, -0.2) is 13.6 Å². The number of halogens is 2. The molecular formula is C18H16F2N2O2. The first-order chi connectivity index (χ1) is 11.5. The van der Waals surface area contributed by atoms with Crippen molar-refractivity contribution in [1.29, 1.82) is 0 Å². The number of terminal acetylenes is 1. The van der Waals surface area contributed by atoms with Crippen LogP contribution in [-0.4, -0.2) is 23.8 Å². The van der Waals surface area contributed by atoms with Crippen molar-refractivity contribution >= 4 is 11.7 Å². The number of nitrogens with one attached hydrogen (secondary N) is 2. The molecule has 0 aliphatic carbocycles. The minimum absolute atomic E-state index is 0.0363. The van der Waals surface area contributed by atoms with Crippen molar-refractivity contribution in [3.8, 4) is 12.3 Å². The molecule has 1 atom stereocenters. The lowest BCUT2D eigenvalue weighted by Crippen LogP contribution is -2.36. The van der Waals surface area contributed by atoms with Gasteiger partial charge in [0, 0.05) is 18.5 Å². The van der Waals surface area contributed by atoms with Gasteiger partial charge >= 0.3 is 6.03 Å². The Hall–Kier alpha value is -2.91. The van der Waals surface area contributed by atoms with E-state index < -0.39 is 29.5 Å². The third-order valence-electron chi connectivity index (χ3n) is 3.26. The van der Waals surface area contributed by atoms with Crippen LogP contribution in [0.1, 0.15) is 11.1 Å². The standard InChI is InChI=1S/C18H16F2N2O2/c1-2-12-9-15(19)17(16(20)10-12)22-18(24)21-11-14(23)8-13-6-4-3-5-7-13/h1,3-7,9-10,14,23H,8,11H2,(H2,21,22,24). The number of urea groups is 1. The molecule has 6 heteroatoms. The minimum atomic E-state index is -0.970. The predicted octanol–water partition coefficient (Wildman–Crippen LogP) is 2.67. The van der Waals surface area contributed by atoms with Crippen molar-refractivity contribution in [1.82, 2.24) is 5.32 Å². The Morgan fingerprint density at radius 3 is 2.42 bits per heavy atom. The van der Waals surface area contributed by atoms with Gasteiger partial charge in [0.15, 0.2) is 11.6 Å². The Kier molecular flexibility index (Phi) is 5.88. The molecule has 124 valence electrons. The Morgan fingerprint density at radius 1 is 1.21 bits per heavy atom. The van der Waals surface area contributed by atoms with E-state index >= 15 is 0 Å². The molecule has 0 radical (unpaired) electrons. The first-order valence-electron chi connectivity index (χ1n) is 7.22. The molecule has 2 aromatic rings. The van der Waals surface area contributed by atoms with Crippen LogP contribution in [-0.2, 0) is 6.42 Å². The summed E-state index contributed by atoms with van der Waals surface area (Å²) >= 11 is 0. The average Bonchev–Trinajstić information content (AvgIpc) is 2.57. The molecule has 0 saturated carbocycles. The molecule has 2 amide bonds. The number of aliphatic hydroxyl groups excluding tert-OH is 1. The van der Waals surface area contributed by atoms with E-state index in [-0.39, 0.29) is 12.1 Å². The molecule has 0 aliphatic rings. The van der Waals surface area contributed by atoms with E-state index in [1.54, 1.807) is 0 Å². The van der Waals surface area contributed by atoms with Gasteiger partial charge in [0.25, 0.3) is 0 Å². The molecule has 0 spiro atoms. The number of hydrogen-bond acceptors (Lipinski definition) is 2. The number of rotatable bonds is 5. The first kappa shape index (κ1) is 17.4. The van der Waals surface area contributed by atoms with E-state index in [1.165, 1.54) is 0 Å². The zero-order valence-electron chi connectivity index (χ0n) is 12.7. The Morgan fingerprint density at radius 2 is 1.83 bits per heavy atom. The maximum atomic E-state index is 13.7. The molecule has 0 bridgehead atoms. The summed E-state index contributed by atoms with van der Waals surface area (Å²) in [6.07, 6.45) is 4.60. The summed E-state index contributed by atoms with van der Waals surface area (Å²) in [5.74, 6) is 0.172. The normalized spacial score (nSPS) is 11.4. The van der Waals surface area contributed by atoms with Gasteiger partial charge in [0.1, 0.15) is 5.69 Å². The van der Waals surface area contributed by atoms with E-state index in [1.807, 2.05) is 30.3 Å². The van der Waals surface area contributed by atoms with Crippen molar-refractivity contribution in [3.63, 3.8) is 0 Å². The molecule has 2 aromatic carbocycles. The van der Waals surface area contributed by atoms with Crippen molar-refractivity contribution in [3.05, 3.63) is 65.2 Å². The number of benzene rings is 2. The van der Waals surface area contributed by atoms with Gasteiger partial charge in [0.05, 0.1) is 6.10 Å². The lowest BCUT2D eigenvalue weighted by molar-refractivity contribution is 0.172. The highest BCUT2D eigenvalue weighted by Crippen LogP contribution is 2.20. The van der Waals surface area contributed by atoms with Crippen LogP contribution < -0.4 is 10.6 Å². The Bertz CT molecular complexity index is 734. The lowest BCUT2D eigenvalue weighted by atomic mass is 10.1. The second-order valence-electron chi connectivity index (χ2n) is 5.14. The van der Waals surface area contributed by atoms with Crippen molar-refractivity contribution in [2.45, 2.75) is 12.5 Å². The zero-order valence-corrected chi connectivity index (χ0v) is 12.7. The highest BCUT2D eigenvalue weighted by Gasteiger charge is 2.14. The molecule has 0 heterocycles. The summed E-state index contributed by atoms with van der Waals surface area (Å²) in [5.41, 5.74) is 0.354. The van der Waals surface area contributed by atoms with Gasteiger partial charge in [-0.05, 0) is 17.7 Å². The quantitative estimate of drug-likeness (QED) is 0.738. The van der Waals surface area contributed by atoms with E-state index in [0.717, 1.165) is 17.7 Å². The Balaban J connectivity index is 1.89. The van der Waals surface area contributed by atoms with E-state index in [9.17, 15) is 18.7 Å². The van der Waals surface area contributed by atoms with Gasteiger partial charge in [-0.3, -0.25) is 0 Å². The second-order valence-corrected chi connectivity index (χ2v) is 5.14. The van der Waals surface area contributed by atoms with Gasteiger partial charge in [0.2, 0.25) is 0 Å². The third kappa shape index (κ3) is 4.80. The van der Waals surface area contributed by atoms with Crippen LogP contribution in [0.15, 0.2) is 42.5 Å². The summed E-state index contributed by atoms with van der Waals surface area (Å²) in [6, 6.07) is 10.3. The fourth-order valence-electron chi connectivity index (χ4n) is 2.10. The summed E-state index contributed by atoms with van der Waals surface area (Å²) in [4.78, 5) is 11.7. The van der Waals surface area contributed by atoms with Crippen LogP contribution in [0.4, 0.5) is 19.3 Å². The van der Waals surface area contributed by atoms with Gasteiger partial charge < -0.3 is 15.7 Å². The molecule has 3 N–H and O–H groups in total. The zero-order chi connectivity index (χ0) is 17.5. The van der Waals surface area contributed by atoms with E-state index in [0.29, 0.717) is 6.42 Å². The van der Waals surface area contributed by atoms with Crippen LogP contribution in [0.3, 0.4) is 0 Å². The van der Waals surface area contributed by atoms with Crippen LogP contribution >= 0.6 is 0 Å². The van der Waals surface area contributed by atoms with Crippen molar-refractivity contribution < 1.29 is 18.7 Å². The van der Waals surface area contributed by atoms with Crippen LogP contribution in [0.5, 0.6) is 0 Å². The number of carbonyl (C=O) groups is 1. The molecule has 1 unspecified atom stereocenters. The molecular weight excluding hydrogens is 314 g/mol. The molecule has 0 aliphatic heterocycles. The first-order valence-corrected chi connectivity index (χ1v) is 7.22. The molecule has 0 fully saturated rings. The van der Waals surface area contributed by atoms with Crippen molar-refractivity contribution in [2.24, 2.45) is 0 Å². The smallest absolute Gasteiger partial charge is 0.319 e. The van der Waals surface area contributed by atoms with Crippen molar-refractivity contribution in [2.75, 3.05) is 11.9 Å². The lowest BCUT2D eigenvalue weighted by Gasteiger charge is -2.13. The molecule has 24 heavy (non-hydrogen) atoms. The Labute approximate surface area is 138 Å². The fraction of sp³-hybridized carbons (Fsp3) is 0.167.